The lowest BCUT2D eigenvalue weighted by Crippen LogP contribution is -2.34. The SMILES string of the molecule is CC(C)(C)OC(=O)NCCCNC(c1ccccc1)C1CC1. The summed E-state index contributed by atoms with van der Waals surface area (Å²) in [6.45, 7) is 7.14. The Kier molecular flexibility index (Phi) is 5.83. The summed E-state index contributed by atoms with van der Waals surface area (Å²) in [5.41, 5.74) is 0.928. The van der Waals surface area contributed by atoms with Crippen LogP contribution in [-0.2, 0) is 4.74 Å². The highest BCUT2D eigenvalue weighted by atomic mass is 16.6. The molecular weight excluding hydrogens is 276 g/mol. The first-order valence-electron chi connectivity index (χ1n) is 8.21. The molecule has 2 N–H and O–H groups in total. The molecule has 1 atom stereocenters. The molecule has 2 rings (SSSR count). The van der Waals surface area contributed by atoms with E-state index in [1.807, 2.05) is 20.8 Å². The Morgan fingerprint density at radius 1 is 1.23 bits per heavy atom. The molecule has 1 saturated carbocycles. The first kappa shape index (κ1) is 16.8. The zero-order valence-electron chi connectivity index (χ0n) is 13.9. The molecule has 4 nitrogen and oxygen atoms in total. The third kappa shape index (κ3) is 6.06. The number of alkyl carbamates (subject to hydrolysis) is 1. The second-order valence-electron chi connectivity index (χ2n) is 6.96. The van der Waals surface area contributed by atoms with Gasteiger partial charge in [0.25, 0.3) is 0 Å². The summed E-state index contributed by atoms with van der Waals surface area (Å²) in [5, 5.41) is 6.42. The van der Waals surface area contributed by atoms with Crippen LogP contribution in [0.3, 0.4) is 0 Å². The fourth-order valence-electron chi connectivity index (χ4n) is 2.50. The zero-order valence-corrected chi connectivity index (χ0v) is 13.9. The van der Waals surface area contributed by atoms with Gasteiger partial charge in [-0.2, -0.15) is 0 Å². The van der Waals surface area contributed by atoms with E-state index < -0.39 is 5.60 Å². The van der Waals surface area contributed by atoms with E-state index in [-0.39, 0.29) is 6.09 Å². The van der Waals surface area contributed by atoms with Gasteiger partial charge >= 0.3 is 6.09 Å². The van der Waals surface area contributed by atoms with E-state index in [4.69, 9.17) is 4.74 Å². The molecule has 1 unspecified atom stereocenters. The maximum atomic E-state index is 11.5. The van der Waals surface area contributed by atoms with Crippen molar-refractivity contribution in [3.8, 4) is 0 Å². The van der Waals surface area contributed by atoms with E-state index in [0.29, 0.717) is 12.6 Å². The average Bonchev–Trinajstić information content (AvgIpc) is 3.26. The summed E-state index contributed by atoms with van der Waals surface area (Å²) in [7, 11) is 0. The highest BCUT2D eigenvalue weighted by Gasteiger charge is 2.31. The number of rotatable bonds is 7. The number of carbonyl (C=O) groups is 1. The van der Waals surface area contributed by atoms with Crippen molar-refractivity contribution < 1.29 is 9.53 Å². The fourth-order valence-corrected chi connectivity index (χ4v) is 2.50. The smallest absolute Gasteiger partial charge is 0.407 e. The molecule has 0 radical (unpaired) electrons. The van der Waals surface area contributed by atoms with Crippen molar-refractivity contribution in [2.75, 3.05) is 13.1 Å². The van der Waals surface area contributed by atoms with E-state index in [1.54, 1.807) is 0 Å². The number of carbonyl (C=O) groups excluding carboxylic acids is 1. The van der Waals surface area contributed by atoms with Gasteiger partial charge in [-0.25, -0.2) is 4.79 Å². The first-order chi connectivity index (χ1) is 10.5. The third-order valence-electron chi connectivity index (χ3n) is 3.64. The van der Waals surface area contributed by atoms with Gasteiger partial charge in [0, 0.05) is 12.6 Å². The zero-order chi connectivity index (χ0) is 16.0. The van der Waals surface area contributed by atoms with Crippen LogP contribution in [0.2, 0.25) is 0 Å². The van der Waals surface area contributed by atoms with E-state index in [9.17, 15) is 4.79 Å². The molecule has 4 heteroatoms. The number of ether oxygens (including phenoxy) is 1. The Labute approximate surface area is 133 Å². The lowest BCUT2D eigenvalue weighted by Gasteiger charge is -2.20. The molecule has 0 bridgehead atoms. The van der Waals surface area contributed by atoms with Crippen molar-refractivity contribution in [2.24, 2.45) is 5.92 Å². The van der Waals surface area contributed by atoms with E-state index in [1.165, 1.54) is 18.4 Å². The topological polar surface area (TPSA) is 50.4 Å². The van der Waals surface area contributed by atoms with E-state index >= 15 is 0 Å². The molecule has 0 heterocycles. The quantitative estimate of drug-likeness (QED) is 0.756. The number of hydrogen-bond donors (Lipinski definition) is 2. The van der Waals surface area contributed by atoms with E-state index in [0.717, 1.165) is 18.9 Å². The molecule has 122 valence electrons. The predicted molar refractivity (Wildman–Crippen MR) is 88.8 cm³/mol. The Balaban J connectivity index is 1.66. The second kappa shape index (κ2) is 7.63. The predicted octanol–water partition coefficient (Wildman–Crippen LogP) is 3.64. The molecule has 1 aromatic rings. The number of amides is 1. The van der Waals surface area contributed by atoms with Crippen LogP contribution in [0, 0.1) is 5.92 Å². The van der Waals surface area contributed by atoms with Gasteiger partial charge in [0.15, 0.2) is 0 Å². The third-order valence-corrected chi connectivity index (χ3v) is 3.64. The van der Waals surface area contributed by atoms with Crippen molar-refractivity contribution in [2.45, 2.75) is 51.7 Å². The Morgan fingerprint density at radius 3 is 2.50 bits per heavy atom. The Hall–Kier alpha value is -1.55. The van der Waals surface area contributed by atoms with Crippen molar-refractivity contribution in [3.05, 3.63) is 35.9 Å². The van der Waals surface area contributed by atoms with Crippen LogP contribution in [0.25, 0.3) is 0 Å². The second-order valence-corrected chi connectivity index (χ2v) is 6.96. The first-order valence-corrected chi connectivity index (χ1v) is 8.21. The molecule has 1 amide bonds. The standard InChI is InChI=1S/C18H28N2O2/c1-18(2,3)22-17(21)20-13-7-12-19-16(15-10-11-15)14-8-5-4-6-9-14/h4-6,8-9,15-16,19H,7,10-13H2,1-3H3,(H,20,21). The van der Waals surface area contributed by atoms with Crippen molar-refractivity contribution >= 4 is 6.09 Å². The minimum Gasteiger partial charge on any atom is -0.444 e. The van der Waals surface area contributed by atoms with Gasteiger partial charge in [0.05, 0.1) is 0 Å². The van der Waals surface area contributed by atoms with Crippen LogP contribution in [0.1, 0.15) is 51.6 Å². The monoisotopic (exact) mass is 304 g/mol. The molecule has 0 saturated heterocycles. The lowest BCUT2D eigenvalue weighted by atomic mass is 10.0. The van der Waals surface area contributed by atoms with Crippen LogP contribution < -0.4 is 10.6 Å². The van der Waals surface area contributed by atoms with Crippen LogP contribution in [0.15, 0.2) is 30.3 Å². The summed E-state index contributed by atoms with van der Waals surface area (Å²) in [6.07, 6.45) is 3.18. The van der Waals surface area contributed by atoms with Crippen LogP contribution in [-0.4, -0.2) is 24.8 Å². The van der Waals surface area contributed by atoms with Gasteiger partial charge in [-0.3, -0.25) is 0 Å². The summed E-state index contributed by atoms with van der Waals surface area (Å²) in [4.78, 5) is 11.5. The van der Waals surface area contributed by atoms with Crippen LogP contribution >= 0.6 is 0 Å². The Bertz CT molecular complexity index is 464. The lowest BCUT2D eigenvalue weighted by molar-refractivity contribution is 0.0527. The number of nitrogens with one attached hydrogen (secondary N) is 2. The molecule has 0 spiro atoms. The maximum absolute atomic E-state index is 11.5. The summed E-state index contributed by atoms with van der Waals surface area (Å²) in [5.74, 6) is 0.765. The minimum atomic E-state index is -0.438. The molecular formula is C18H28N2O2. The summed E-state index contributed by atoms with van der Waals surface area (Å²) >= 11 is 0. The normalized spacial score (nSPS) is 16.1. The number of hydrogen-bond acceptors (Lipinski definition) is 3. The van der Waals surface area contributed by atoms with Crippen LogP contribution in [0.5, 0.6) is 0 Å². The van der Waals surface area contributed by atoms with Gasteiger partial charge in [-0.1, -0.05) is 30.3 Å². The molecule has 1 aliphatic carbocycles. The molecule has 0 aromatic heterocycles. The maximum Gasteiger partial charge on any atom is 0.407 e. The van der Waals surface area contributed by atoms with Gasteiger partial charge in [-0.05, 0) is 58.1 Å². The van der Waals surface area contributed by atoms with Gasteiger partial charge in [-0.15, -0.1) is 0 Å². The molecule has 1 fully saturated rings. The average molecular weight is 304 g/mol. The molecule has 1 aromatic carbocycles. The number of benzene rings is 1. The van der Waals surface area contributed by atoms with Gasteiger partial charge < -0.3 is 15.4 Å². The van der Waals surface area contributed by atoms with Gasteiger partial charge in [0.1, 0.15) is 5.60 Å². The molecule has 1 aliphatic rings. The molecule has 0 aliphatic heterocycles. The van der Waals surface area contributed by atoms with Crippen molar-refractivity contribution in [3.63, 3.8) is 0 Å². The largest absolute Gasteiger partial charge is 0.444 e. The summed E-state index contributed by atoms with van der Waals surface area (Å²) in [6, 6.07) is 11.1. The molecule has 22 heavy (non-hydrogen) atoms. The Morgan fingerprint density at radius 2 is 1.91 bits per heavy atom. The van der Waals surface area contributed by atoms with Gasteiger partial charge in [0.2, 0.25) is 0 Å². The fraction of sp³-hybridized carbons (Fsp3) is 0.611. The highest BCUT2D eigenvalue weighted by molar-refractivity contribution is 5.67. The van der Waals surface area contributed by atoms with E-state index in [2.05, 4.69) is 41.0 Å². The van der Waals surface area contributed by atoms with Crippen LogP contribution in [0.4, 0.5) is 4.79 Å². The summed E-state index contributed by atoms with van der Waals surface area (Å²) < 4.78 is 5.21. The van der Waals surface area contributed by atoms with Crippen molar-refractivity contribution in [1.29, 1.82) is 0 Å². The minimum absolute atomic E-state index is 0.339. The van der Waals surface area contributed by atoms with Crippen molar-refractivity contribution in [1.82, 2.24) is 10.6 Å². The highest BCUT2D eigenvalue weighted by Crippen LogP contribution is 2.40.